The third-order valence-electron chi connectivity index (χ3n) is 5.33. The molecule has 0 unspecified atom stereocenters. The number of aromatic nitrogens is 4. The molecule has 1 aliphatic rings. The predicted molar refractivity (Wildman–Crippen MR) is 122 cm³/mol. The Kier molecular flexibility index (Phi) is 6.50. The summed E-state index contributed by atoms with van der Waals surface area (Å²) in [7, 11) is 0. The van der Waals surface area contributed by atoms with E-state index >= 15 is 0 Å². The fourth-order valence-corrected chi connectivity index (χ4v) is 3.87. The molecular weight excluding hydrogens is 410 g/mol. The summed E-state index contributed by atoms with van der Waals surface area (Å²) >= 11 is 0. The molecule has 1 amide bonds. The summed E-state index contributed by atoms with van der Waals surface area (Å²) in [5.74, 6) is 1.10. The predicted octanol–water partition coefficient (Wildman–Crippen LogP) is 2.36. The second-order valence-electron chi connectivity index (χ2n) is 7.61. The van der Waals surface area contributed by atoms with Gasteiger partial charge in [-0.15, -0.1) is 0 Å². The fourth-order valence-electron chi connectivity index (χ4n) is 3.87. The number of nitrogens with one attached hydrogen (secondary N) is 3. The van der Waals surface area contributed by atoms with Gasteiger partial charge >= 0.3 is 6.09 Å². The summed E-state index contributed by atoms with van der Waals surface area (Å²) in [6, 6.07) is 7.41. The van der Waals surface area contributed by atoms with Crippen LogP contribution in [0.15, 0.2) is 41.5 Å². The fraction of sp³-hybridized carbons (Fsp3) is 0.364. The molecule has 3 aromatic heterocycles. The molecule has 168 valence electrons. The maximum absolute atomic E-state index is 12.0. The molecule has 3 N–H and O–H groups in total. The van der Waals surface area contributed by atoms with Gasteiger partial charge in [0.2, 0.25) is 5.56 Å². The van der Waals surface area contributed by atoms with Crippen LogP contribution in [0.1, 0.15) is 18.2 Å². The number of aryl methyl sites for hydroxylation is 1. The molecule has 3 aromatic rings. The van der Waals surface area contributed by atoms with Gasteiger partial charge in [0.05, 0.1) is 18.0 Å². The zero-order valence-electron chi connectivity index (χ0n) is 18.2. The molecule has 4 heterocycles. The van der Waals surface area contributed by atoms with E-state index in [9.17, 15) is 9.59 Å². The summed E-state index contributed by atoms with van der Waals surface area (Å²) in [5.41, 5.74) is 3.51. The van der Waals surface area contributed by atoms with Crippen LogP contribution in [0.25, 0.3) is 11.5 Å². The minimum absolute atomic E-state index is 0.258. The van der Waals surface area contributed by atoms with Crippen molar-refractivity contribution in [2.75, 3.05) is 43.0 Å². The van der Waals surface area contributed by atoms with Crippen LogP contribution in [-0.2, 0) is 11.3 Å². The van der Waals surface area contributed by atoms with Gasteiger partial charge in [-0.2, -0.15) is 0 Å². The molecule has 32 heavy (non-hydrogen) atoms. The number of carbonyl (C=O) groups is 1. The lowest BCUT2D eigenvalue weighted by molar-refractivity contribution is 0.168. The van der Waals surface area contributed by atoms with Crippen molar-refractivity contribution in [1.29, 1.82) is 0 Å². The minimum Gasteiger partial charge on any atom is -0.450 e. The highest BCUT2D eigenvalue weighted by Gasteiger charge is 2.20. The number of nitrogens with zero attached hydrogens (tertiary/aromatic N) is 4. The van der Waals surface area contributed by atoms with Crippen LogP contribution in [-0.4, -0.2) is 63.7 Å². The molecular formula is C22H27N7O3. The van der Waals surface area contributed by atoms with Gasteiger partial charge in [-0.3, -0.25) is 15.0 Å². The smallest absolute Gasteiger partial charge is 0.412 e. The van der Waals surface area contributed by atoms with Crippen LogP contribution >= 0.6 is 0 Å². The van der Waals surface area contributed by atoms with E-state index in [1.54, 1.807) is 31.5 Å². The third-order valence-corrected chi connectivity index (χ3v) is 5.33. The lowest BCUT2D eigenvalue weighted by atomic mass is 10.2. The van der Waals surface area contributed by atoms with E-state index in [0.717, 1.165) is 54.6 Å². The number of rotatable bonds is 6. The molecule has 0 aromatic carbocycles. The second kappa shape index (κ2) is 9.65. The number of piperazine rings is 1. The first-order valence-corrected chi connectivity index (χ1v) is 10.6. The van der Waals surface area contributed by atoms with Crippen molar-refractivity contribution in [1.82, 2.24) is 24.8 Å². The van der Waals surface area contributed by atoms with Crippen molar-refractivity contribution >= 4 is 17.6 Å². The summed E-state index contributed by atoms with van der Waals surface area (Å²) in [4.78, 5) is 42.9. The van der Waals surface area contributed by atoms with E-state index in [0.29, 0.717) is 12.4 Å². The van der Waals surface area contributed by atoms with Gasteiger partial charge in [0.15, 0.2) is 5.82 Å². The summed E-state index contributed by atoms with van der Waals surface area (Å²) in [6.45, 7) is 8.06. The zero-order valence-corrected chi connectivity index (χ0v) is 18.2. The third kappa shape index (κ3) is 5.14. The first kappa shape index (κ1) is 21.6. The van der Waals surface area contributed by atoms with E-state index < -0.39 is 6.09 Å². The monoisotopic (exact) mass is 437 g/mol. The summed E-state index contributed by atoms with van der Waals surface area (Å²) < 4.78 is 4.87. The van der Waals surface area contributed by atoms with Crippen molar-refractivity contribution in [2.45, 2.75) is 20.4 Å². The summed E-state index contributed by atoms with van der Waals surface area (Å²) in [6.07, 6.45) is 2.92. The van der Waals surface area contributed by atoms with Gasteiger partial charge < -0.3 is 19.6 Å². The van der Waals surface area contributed by atoms with Crippen LogP contribution in [0, 0.1) is 6.92 Å². The van der Waals surface area contributed by atoms with Gasteiger partial charge in [0, 0.05) is 51.2 Å². The maximum Gasteiger partial charge on any atom is 0.412 e. The Labute approximate surface area is 185 Å². The minimum atomic E-state index is -0.587. The lowest BCUT2D eigenvalue weighted by Gasteiger charge is -2.36. The van der Waals surface area contributed by atoms with E-state index in [-0.39, 0.29) is 12.2 Å². The largest absolute Gasteiger partial charge is 0.450 e. The van der Waals surface area contributed by atoms with E-state index in [4.69, 9.17) is 9.72 Å². The lowest BCUT2D eigenvalue weighted by Crippen LogP contribution is -2.46. The number of amides is 1. The number of hydrogen-bond acceptors (Lipinski definition) is 7. The average molecular weight is 438 g/mol. The average Bonchev–Trinajstić information content (AvgIpc) is 3.29. The van der Waals surface area contributed by atoms with E-state index in [2.05, 4.69) is 36.1 Å². The topological polar surface area (TPSA) is 119 Å². The maximum atomic E-state index is 12.0. The highest BCUT2D eigenvalue weighted by atomic mass is 16.5. The quantitative estimate of drug-likeness (QED) is 0.542. The Morgan fingerprint density at radius 2 is 2.03 bits per heavy atom. The van der Waals surface area contributed by atoms with E-state index in [1.165, 1.54) is 0 Å². The highest BCUT2D eigenvalue weighted by Crippen LogP contribution is 2.23. The molecule has 10 nitrogen and oxygen atoms in total. The molecule has 0 saturated carbocycles. The number of imidazole rings is 1. The van der Waals surface area contributed by atoms with Crippen LogP contribution in [0.3, 0.4) is 0 Å². The van der Waals surface area contributed by atoms with Crippen molar-refractivity contribution in [3.8, 4) is 11.5 Å². The Hall–Kier alpha value is -3.66. The van der Waals surface area contributed by atoms with Crippen LogP contribution in [0.2, 0.25) is 0 Å². The zero-order chi connectivity index (χ0) is 22.5. The van der Waals surface area contributed by atoms with Crippen molar-refractivity contribution in [3.63, 3.8) is 0 Å². The standard InChI is InChI=1S/C22H27N7O3/c1-3-32-22(31)27-19-12-16(13-20(30)26-19)14-28-8-10-29(11-9-28)18-5-4-17(25-15(18)2)21-23-6-7-24-21/h4-7,12-13H,3,8-11,14H2,1-2H3,(H,23,24)(H2,26,27,30,31). The van der Waals surface area contributed by atoms with Crippen molar-refractivity contribution in [2.24, 2.45) is 0 Å². The molecule has 1 saturated heterocycles. The number of anilines is 2. The van der Waals surface area contributed by atoms with Crippen molar-refractivity contribution in [3.05, 3.63) is 58.3 Å². The SMILES string of the molecule is CCOC(=O)Nc1cc(CN2CCN(c3ccc(-c4ncc[nH]4)nc3C)CC2)cc(=O)[nH]1. The van der Waals surface area contributed by atoms with Crippen LogP contribution < -0.4 is 15.8 Å². The highest BCUT2D eigenvalue weighted by molar-refractivity contribution is 5.83. The summed E-state index contributed by atoms with van der Waals surface area (Å²) in [5, 5.41) is 2.55. The van der Waals surface area contributed by atoms with Gasteiger partial charge in [-0.05, 0) is 37.6 Å². The first-order valence-electron chi connectivity index (χ1n) is 10.6. The molecule has 4 rings (SSSR count). The van der Waals surface area contributed by atoms with Crippen LogP contribution in [0.4, 0.5) is 16.3 Å². The number of aromatic amines is 2. The molecule has 10 heteroatoms. The van der Waals surface area contributed by atoms with Gasteiger partial charge in [0.1, 0.15) is 11.5 Å². The normalized spacial score (nSPS) is 14.4. The Morgan fingerprint density at radius 1 is 1.22 bits per heavy atom. The Morgan fingerprint density at radius 3 is 2.72 bits per heavy atom. The number of carbonyl (C=O) groups excluding carboxylic acids is 1. The molecule has 0 radical (unpaired) electrons. The molecule has 0 bridgehead atoms. The van der Waals surface area contributed by atoms with E-state index in [1.807, 2.05) is 13.0 Å². The Bertz CT molecular complexity index is 1120. The van der Waals surface area contributed by atoms with Crippen molar-refractivity contribution < 1.29 is 9.53 Å². The molecule has 1 fully saturated rings. The molecule has 0 atom stereocenters. The molecule has 0 aliphatic carbocycles. The molecule has 0 spiro atoms. The van der Waals surface area contributed by atoms with Gasteiger partial charge in [0.25, 0.3) is 0 Å². The second-order valence-corrected chi connectivity index (χ2v) is 7.61. The number of pyridine rings is 2. The van der Waals surface area contributed by atoms with Crippen LogP contribution in [0.5, 0.6) is 0 Å². The van der Waals surface area contributed by atoms with Gasteiger partial charge in [-0.1, -0.05) is 0 Å². The van der Waals surface area contributed by atoms with Gasteiger partial charge in [-0.25, -0.2) is 14.8 Å². The Balaban J connectivity index is 1.37. The number of hydrogen-bond donors (Lipinski definition) is 3. The number of H-pyrrole nitrogens is 2. The number of ether oxygens (including phenoxy) is 1. The molecule has 1 aliphatic heterocycles. The first-order chi connectivity index (χ1) is 15.5.